The fraction of sp³-hybridized carbons (Fsp3) is 0.400. The molecule has 128 valence electrons. The average Bonchev–Trinajstić information content (AvgIpc) is 2.53. The van der Waals surface area contributed by atoms with Gasteiger partial charge in [-0.3, -0.25) is 4.90 Å². The van der Waals surface area contributed by atoms with Gasteiger partial charge >= 0.3 is 6.18 Å². The van der Waals surface area contributed by atoms with Crippen LogP contribution in [0.1, 0.15) is 22.6 Å². The summed E-state index contributed by atoms with van der Waals surface area (Å²) in [6, 6.07) is 1.77. The van der Waals surface area contributed by atoms with Crippen LogP contribution in [0.2, 0.25) is 5.02 Å². The number of aromatic nitrogens is 3. The van der Waals surface area contributed by atoms with Gasteiger partial charge in [0.1, 0.15) is 5.02 Å². The summed E-state index contributed by atoms with van der Waals surface area (Å²) >= 11 is 6.06. The van der Waals surface area contributed by atoms with Crippen molar-refractivity contribution in [2.45, 2.75) is 25.7 Å². The Morgan fingerprint density at radius 1 is 1.29 bits per heavy atom. The van der Waals surface area contributed by atoms with E-state index in [1.165, 1.54) is 13.3 Å². The summed E-state index contributed by atoms with van der Waals surface area (Å²) in [6.45, 7) is 1.67. The molecule has 0 aliphatic carbocycles. The number of hydrogen-bond acceptors (Lipinski definition) is 5. The van der Waals surface area contributed by atoms with Crippen molar-refractivity contribution in [3.63, 3.8) is 0 Å². The highest BCUT2D eigenvalue weighted by molar-refractivity contribution is 6.31. The average molecular weight is 359 g/mol. The molecule has 9 heteroatoms. The van der Waals surface area contributed by atoms with Gasteiger partial charge in [0, 0.05) is 44.0 Å². The van der Waals surface area contributed by atoms with Gasteiger partial charge in [-0.1, -0.05) is 11.6 Å². The smallest absolute Gasteiger partial charge is 0.451 e. The van der Waals surface area contributed by atoms with Crippen molar-refractivity contribution < 1.29 is 17.9 Å². The van der Waals surface area contributed by atoms with Crippen LogP contribution in [0.3, 0.4) is 0 Å². The van der Waals surface area contributed by atoms with E-state index in [4.69, 9.17) is 16.3 Å². The number of rotatable bonds is 3. The Balaban J connectivity index is 1.72. The van der Waals surface area contributed by atoms with Gasteiger partial charge < -0.3 is 4.74 Å². The third-order valence-electron chi connectivity index (χ3n) is 3.73. The molecule has 24 heavy (non-hydrogen) atoms. The summed E-state index contributed by atoms with van der Waals surface area (Å²) in [6.07, 6.45) is -1.14. The van der Waals surface area contributed by atoms with Crippen LogP contribution in [0.4, 0.5) is 13.2 Å². The first kappa shape index (κ1) is 16.9. The van der Waals surface area contributed by atoms with Crippen LogP contribution >= 0.6 is 11.6 Å². The molecule has 0 amide bonds. The minimum atomic E-state index is -4.52. The van der Waals surface area contributed by atoms with Crippen LogP contribution in [-0.2, 0) is 25.7 Å². The molecule has 0 fully saturated rings. The van der Waals surface area contributed by atoms with Crippen molar-refractivity contribution >= 4 is 11.6 Å². The zero-order valence-electron chi connectivity index (χ0n) is 12.8. The van der Waals surface area contributed by atoms with Crippen molar-refractivity contribution in [3.8, 4) is 5.88 Å². The SMILES string of the molecule is COc1ncc(CN2CCc3nc(C(F)(F)F)ncc3C2)cc1Cl. The summed E-state index contributed by atoms with van der Waals surface area (Å²) in [5, 5.41) is 0.422. The van der Waals surface area contributed by atoms with Gasteiger partial charge in [-0.05, 0) is 11.6 Å². The van der Waals surface area contributed by atoms with Crippen molar-refractivity contribution in [1.82, 2.24) is 19.9 Å². The topological polar surface area (TPSA) is 51.1 Å². The lowest BCUT2D eigenvalue weighted by molar-refractivity contribution is -0.145. The molecule has 5 nitrogen and oxygen atoms in total. The standard InChI is InChI=1S/C15H14ClF3N4O/c1-24-13-11(16)4-9(5-20-13)7-23-3-2-12-10(8-23)6-21-14(22-12)15(17,18)19/h4-6H,2-3,7-8H2,1H3. The van der Waals surface area contributed by atoms with Crippen molar-refractivity contribution in [2.24, 2.45) is 0 Å². The number of ether oxygens (including phenoxy) is 1. The van der Waals surface area contributed by atoms with Crippen molar-refractivity contribution in [2.75, 3.05) is 13.7 Å². The lowest BCUT2D eigenvalue weighted by Gasteiger charge is -2.28. The summed E-state index contributed by atoms with van der Waals surface area (Å²) in [4.78, 5) is 13.3. The molecule has 0 spiro atoms. The number of alkyl halides is 3. The van der Waals surface area contributed by atoms with Crippen LogP contribution in [0, 0.1) is 0 Å². The van der Waals surface area contributed by atoms with E-state index in [0.717, 1.165) is 5.56 Å². The first-order valence-corrected chi connectivity index (χ1v) is 7.57. The Kier molecular flexibility index (Phi) is 4.60. The molecule has 0 radical (unpaired) electrons. The van der Waals surface area contributed by atoms with Crippen LogP contribution in [0.5, 0.6) is 5.88 Å². The van der Waals surface area contributed by atoms with Crippen molar-refractivity contribution in [1.29, 1.82) is 0 Å². The molecule has 3 heterocycles. The Morgan fingerprint density at radius 2 is 2.08 bits per heavy atom. The van der Waals surface area contributed by atoms with E-state index in [1.807, 2.05) is 0 Å². The summed E-state index contributed by atoms with van der Waals surface area (Å²) < 4.78 is 43.0. The number of nitrogens with zero attached hydrogens (tertiary/aromatic N) is 4. The maximum atomic E-state index is 12.7. The third-order valence-corrected chi connectivity index (χ3v) is 4.00. The van der Waals surface area contributed by atoms with E-state index in [1.54, 1.807) is 12.3 Å². The quantitative estimate of drug-likeness (QED) is 0.843. The van der Waals surface area contributed by atoms with Gasteiger partial charge in [-0.2, -0.15) is 13.2 Å². The second-order valence-corrected chi connectivity index (χ2v) is 5.87. The molecule has 2 aromatic heterocycles. The molecule has 3 rings (SSSR count). The minimum Gasteiger partial charge on any atom is -0.480 e. The van der Waals surface area contributed by atoms with E-state index < -0.39 is 12.0 Å². The third kappa shape index (κ3) is 3.59. The van der Waals surface area contributed by atoms with Crippen LogP contribution in [-0.4, -0.2) is 33.5 Å². The van der Waals surface area contributed by atoms with Gasteiger partial charge in [-0.25, -0.2) is 15.0 Å². The molecule has 2 aromatic rings. The number of methoxy groups -OCH3 is 1. The van der Waals surface area contributed by atoms with E-state index in [2.05, 4.69) is 19.9 Å². The Bertz CT molecular complexity index is 754. The van der Waals surface area contributed by atoms with Gasteiger partial charge in [0.2, 0.25) is 11.7 Å². The molecule has 0 saturated heterocycles. The molecular weight excluding hydrogens is 345 g/mol. The molecular formula is C15H14ClF3N4O. The van der Waals surface area contributed by atoms with Crippen LogP contribution < -0.4 is 4.74 Å². The molecule has 0 N–H and O–H groups in total. The predicted molar refractivity (Wildman–Crippen MR) is 80.7 cm³/mol. The fourth-order valence-corrected chi connectivity index (χ4v) is 2.87. The predicted octanol–water partition coefficient (Wildman–Crippen LogP) is 3.11. The first-order chi connectivity index (χ1) is 11.4. The highest BCUT2D eigenvalue weighted by Crippen LogP contribution is 2.28. The molecule has 1 aliphatic rings. The highest BCUT2D eigenvalue weighted by Gasteiger charge is 2.35. The second kappa shape index (κ2) is 6.52. The highest BCUT2D eigenvalue weighted by atomic mass is 35.5. The Hall–Kier alpha value is -1.93. The first-order valence-electron chi connectivity index (χ1n) is 7.19. The number of hydrogen-bond donors (Lipinski definition) is 0. The fourth-order valence-electron chi connectivity index (χ4n) is 2.61. The largest absolute Gasteiger partial charge is 0.480 e. The number of pyridine rings is 1. The van der Waals surface area contributed by atoms with E-state index in [0.29, 0.717) is 48.2 Å². The van der Waals surface area contributed by atoms with E-state index >= 15 is 0 Å². The maximum Gasteiger partial charge on any atom is 0.451 e. The van der Waals surface area contributed by atoms with Gasteiger partial charge in [-0.15, -0.1) is 0 Å². The molecule has 0 atom stereocenters. The summed E-state index contributed by atoms with van der Waals surface area (Å²) in [7, 11) is 1.49. The molecule has 0 aromatic carbocycles. The lowest BCUT2D eigenvalue weighted by Crippen LogP contribution is -2.31. The molecule has 1 aliphatic heterocycles. The second-order valence-electron chi connectivity index (χ2n) is 5.46. The zero-order chi connectivity index (χ0) is 17.3. The zero-order valence-corrected chi connectivity index (χ0v) is 13.5. The molecule has 0 bridgehead atoms. The monoisotopic (exact) mass is 358 g/mol. The van der Waals surface area contributed by atoms with E-state index in [-0.39, 0.29) is 0 Å². The Morgan fingerprint density at radius 3 is 2.75 bits per heavy atom. The van der Waals surface area contributed by atoms with Crippen LogP contribution in [0.15, 0.2) is 18.5 Å². The molecule has 0 saturated carbocycles. The lowest BCUT2D eigenvalue weighted by atomic mass is 10.1. The number of fused-ring (bicyclic) bond motifs is 1. The summed E-state index contributed by atoms with van der Waals surface area (Å²) in [5.41, 5.74) is 2.07. The van der Waals surface area contributed by atoms with Gasteiger partial charge in [0.15, 0.2) is 0 Å². The van der Waals surface area contributed by atoms with Gasteiger partial charge in [0.05, 0.1) is 12.8 Å². The summed E-state index contributed by atoms with van der Waals surface area (Å²) in [5.74, 6) is -0.724. The van der Waals surface area contributed by atoms with E-state index in [9.17, 15) is 13.2 Å². The normalized spacial score (nSPS) is 15.2. The van der Waals surface area contributed by atoms with Crippen molar-refractivity contribution in [3.05, 3.63) is 46.1 Å². The Labute approximate surface area is 141 Å². The number of halogens is 4. The maximum absolute atomic E-state index is 12.7. The van der Waals surface area contributed by atoms with Crippen LogP contribution in [0.25, 0.3) is 0 Å². The minimum absolute atomic E-state index is 0.359. The van der Waals surface area contributed by atoms with Gasteiger partial charge in [0.25, 0.3) is 0 Å². The molecule has 0 unspecified atom stereocenters.